The van der Waals surface area contributed by atoms with Crippen LogP contribution in [0.2, 0.25) is 5.15 Å². The largest absolute Gasteiger partial charge is 0.467 e. The lowest BCUT2D eigenvalue weighted by atomic mass is 9.96. The van der Waals surface area contributed by atoms with Gasteiger partial charge >= 0.3 is 5.97 Å². The maximum atomic E-state index is 12.0. The zero-order chi connectivity index (χ0) is 14.5. The minimum Gasteiger partial charge on any atom is -0.467 e. The van der Waals surface area contributed by atoms with Gasteiger partial charge < -0.3 is 10.1 Å². The van der Waals surface area contributed by atoms with E-state index in [1.807, 2.05) is 6.92 Å². The zero-order valence-electron chi connectivity index (χ0n) is 11.1. The number of carbonyl (C=O) groups is 2. The number of esters is 1. The van der Waals surface area contributed by atoms with Crippen molar-refractivity contribution in [3.63, 3.8) is 0 Å². The van der Waals surface area contributed by atoms with Crippen LogP contribution in [0.15, 0.2) is 12.4 Å². The van der Waals surface area contributed by atoms with Crippen molar-refractivity contribution in [1.82, 2.24) is 15.3 Å². The third-order valence-corrected chi connectivity index (χ3v) is 2.82. The Morgan fingerprint density at radius 3 is 2.58 bits per heavy atom. The monoisotopic (exact) mass is 285 g/mol. The molecule has 6 nitrogen and oxygen atoms in total. The van der Waals surface area contributed by atoms with Crippen molar-refractivity contribution in [3.05, 3.63) is 23.2 Å². The van der Waals surface area contributed by atoms with Crippen LogP contribution in [0.5, 0.6) is 0 Å². The van der Waals surface area contributed by atoms with E-state index in [0.29, 0.717) is 6.42 Å². The van der Waals surface area contributed by atoms with Crippen molar-refractivity contribution in [2.24, 2.45) is 0 Å². The van der Waals surface area contributed by atoms with E-state index in [1.54, 1.807) is 6.92 Å². The van der Waals surface area contributed by atoms with Gasteiger partial charge in [0.25, 0.3) is 5.91 Å². The van der Waals surface area contributed by atoms with Crippen LogP contribution in [0, 0.1) is 0 Å². The first-order valence-corrected chi connectivity index (χ1v) is 6.19. The first-order chi connectivity index (χ1) is 8.92. The molecular weight excluding hydrogens is 270 g/mol. The van der Waals surface area contributed by atoms with Crippen LogP contribution < -0.4 is 5.32 Å². The van der Waals surface area contributed by atoms with Crippen LogP contribution >= 0.6 is 11.6 Å². The number of aromatic nitrogens is 2. The minimum absolute atomic E-state index is 0.0932. The molecule has 0 fully saturated rings. The standard InChI is InChI=1S/C12H16ClN3O3/c1-4-5-12(2,11(18)19-3)16-10(17)8-6-15-9(13)7-14-8/h6-7H,4-5H2,1-3H3,(H,16,17). The molecule has 1 aromatic heterocycles. The van der Waals surface area contributed by atoms with E-state index >= 15 is 0 Å². The molecule has 0 saturated heterocycles. The molecule has 1 aromatic rings. The first kappa shape index (κ1) is 15.4. The lowest BCUT2D eigenvalue weighted by Crippen LogP contribution is -2.52. The summed E-state index contributed by atoms with van der Waals surface area (Å²) in [4.78, 5) is 31.4. The van der Waals surface area contributed by atoms with Crippen LogP contribution in [0.3, 0.4) is 0 Å². The van der Waals surface area contributed by atoms with E-state index in [4.69, 9.17) is 16.3 Å². The fourth-order valence-corrected chi connectivity index (χ4v) is 1.78. The van der Waals surface area contributed by atoms with E-state index in [0.717, 1.165) is 6.42 Å². The second-order valence-electron chi connectivity index (χ2n) is 4.25. The SMILES string of the molecule is CCCC(C)(NC(=O)c1cnc(Cl)cn1)C(=O)OC. The van der Waals surface area contributed by atoms with Gasteiger partial charge in [0.15, 0.2) is 0 Å². The van der Waals surface area contributed by atoms with Gasteiger partial charge in [0.2, 0.25) is 0 Å². The lowest BCUT2D eigenvalue weighted by molar-refractivity contribution is -0.147. The van der Waals surface area contributed by atoms with Gasteiger partial charge in [-0.05, 0) is 13.3 Å². The Labute approximate surface area is 116 Å². The molecule has 1 amide bonds. The molecule has 7 heteroatoms. The molecule has 1 N–H and O–H groups in total. The summed E-state index contributed by atoms with van der Waals surface area (Å²) in [6, 6.07) is 0. The third-order valence-electron chi connectivity index (χ3n) is 2.63. The Morgan fingerprint density at radius 2 is 2.11 bits per heavy atom. The summed E-state index contributed by atoms with van der Waals surface area (Å²) in [5, 5.41) is 2.82. The average molecular weight is 286 g/mol. The minimum atomic E-state index is -1.08. The molecule has 1 heterocycles. The molecule has 0 spiro atoms. The van der Waals surface area contributed by atoms with E-state index in [-0.39, 0.29) is 10.8 Å². The first-order valence-electron chi connectivity index (χ1n) is 5.81. The summed E-state index contributed by atoms with van der Waals surface area (Å²) in [6.07, 6.45) is 3.71. The molecule has 1 atom stereocenters. The predicted molar refractivity (Wildman–Crippen MR) is 69.8 cm³/mol. The number of hydrogen-bond acceptors (Lipinski definition) is 5. The maximum absolute atomic E-state index is 12.0. The summed E-state index contributed by atoms with van der Waals surface area (Å²) in [7, 11) is 1.28. The number of nitrogens with one attached hydrogen (secondary N) is 1. The van der Waals surface area contributed by atoms with Gasteiger partial charge in [0.05, 0.1) is 19.5 Å². The number of rotatable bonds is 5. The highest BCUT2D eigenvalue weighted by atomic mass is 35.5. The fraction of sp³-hybridized carbons (Fsp3) is 0.500. The molecule has 0 aliphatic rings. The van der Waals surface area contributed by atoms with Gasteiger partial charge in [0, 0.05) is 0 Å². The Kier molecular flexibility index (Phi) is 5.23. The molecule has 0 aromatic carbocycles. The molecule has 0 aliphatic heterocycles. The van der Waals surface area contributed by atoms with Gasteiger partial charge in [-0.3, -0.25) is 4.79 Å². The van der Waals surface area contributed by atoms with Crippen molar-refractivity contribution >= 4 is 23.5 Å². The number of amides is 1. The lowest BCUT2D eigenvalue weighted by Gasteiger charge is -2.27. The highest BCUT2D eigenvalue weighted by Gasteiger charge is 2.35. The topological polar surface area (TPSA) is 81.2 Å². The summed E-state index contributed by atoms with van der Waals surface area (Å²) < 4.78 is 4.71. The number of nitrogens with zero attached hydrogens (tertiary/aromatic N) is 2. The van der Waals surface area contributed by atoms with Crippen molar-refractivity contribution in [2.75, 3.05) is 7.11 Å². The van der Waals surface area contributed by atoms with E-state index in [9.17, 15) is 9.59 Å². The molecule has 1 rings (SSSR count). The normalized spacial score (nSPS) is 13.5. The molecule has 0 aliphatic carbocycles. The number of halogens is 1. The van der Waals surface area contributed by atoms with Crippen LogP contribution in [0.1, 0.15) is 37.2 Å². The smallest absolute Gasteiger partial charge is 0.331 e. The Bertz CT molecular complexity index is 464. The second kappa shape index (κ2) is 6.47. The molecule has 0 bridgehead atoms. The highest BCUT2D eigenvalue weighted by Crippen LogP contribution is 2.15. The van der Waals surface area contributed by atoms with Gasteiger partial charge in [-0.25, -0.2) is 14.8 Å². The van der Waals surface area contributed by atoms with Crippen LogP contribution in [-0.4, -0.2) is 34.5 Å². The third kappa shape index (κ3) is 3.89. The zero-order valence-corrected chi connectivity index (χ0v) is 11.8. The van der Waals surface area contributed by atoms with Gasteiger partial charge in [-0.1, -0.05) is 24.9 Å². The Morgan fingerprint density at radius 1 is 1.42 bits per heavy atom. The predicted octanol–water partition coefficient (Wildman–Crippen LogP) is 1.59. The molecular formula is C12H16ClN3O3. The molecule has 0 radical (unpaired) electrons. The van der Waals surface area contributed by atoms with Gasteiger partial charge in [-0.15, -0.1) is 0 Å². The molecule has 0 saturated carbocycles. The van der Waals surface area contributed by atoms with E-state index in [2.05, 4.69) is 15.3 Å². The van der Waals surface area contributed by atoms with E-state index < -0.39 is 17.4 Å². The summed E-state index contributed by atoms with van der Waals surface area (Å²) in [6.45, 7) is 3.53. The maximum Gasteiger partial charge on any atom is 0.331 e. The quantitative estimate of drug-likeness (QED) is 0.831. The van der Waals surface area contributed by atoms with Crippen LogP contribution in [0.4, 0.5) is 0 Å². The molecule has 104 valence electrons. The summed E-state index contributed by atoms with van der Waals surface area (Å²) in [5.41, 5.74) is -0.988. The number of ether oxygens (including phenoxy) is 1. The van der Waals surface area contributed by atoms with Crippen molar-refractivity contribution in [2.45, 2.75) is 32.2 Å². The highest BCUT2D eigenvalue weighted by molar-refractivity contribution is 6.29. The number of carbonyl (C=O) groups excluding carboxylic acids is 2. The van der Waals surface area contributed by atoms with Crippen LogP contribution in [0.25, 0.3) is 0 Å². The second-order valence-corrected chi connectivity index (χ2v) is 4.64. The van der Waals surface area contributed by atoms with Gasteiger partial charge in [-0.2, -0.15) is 0 Å². The Balaban J connectivity index is 2.87. The van der Waals surface area contributed by atoms with Crippen LogP contribution in [-0.2, 0) is 9.53 Å². The van der Waals surface area contributed by atoms with E-state index in [1.165, 1.54) is 19.5 Å². The van der Waals surface area contributed by atoms with Crippen molar-refractivity contribution in [1.29, 1.82) is 0 Å². The summed E-state index contributed by atoms with van der Waals surface area (Å²) >= 11 is 5.59. The van der Waals surface area contributed by atoms with Crippen molar-refractivity contribution in [3.8, 4) is 0 Å². The number of hydrogen-bond donors (Lipinski definition) is 1. The average Bonchev–Trinajstić information content (AvgIpc) is 2.38. The summed E-state index contributed by atoms with van der Waals surface area (Å²) in [5.74, 6) is -0.991. The van der Waals surface area contributed by atoms with Gasteiger partial charge in [0.1, 0.15) is 16.4 Å². The van der Waals surface area contributed by atoms with Crippen molar-refractivity contribution < 1.29 is 14.3 Å². The number of methoxy groups -OCH3 is 1. The Hall–Kier alpha value is -1.69. The molecule has 1 unspecified atom stereocenters. The molecule has 19 heavy (non-hydrogen) atoms. The fourth-order valence-electron chi connectivity index (χ4n) is 1.69.